The second-order valence-electron chi connectivity index (χ2n) is 3.24. The van der Waals surface area contributed by atoms with Gasteiger partial charge >= 0.3 is 5.97 Å². The Morgan fingerprint density at radius 2 is 2.20 bits per heavy atom. The molecule has 1 aromatic heterocycles. The average molecular weight is 225 g/mol. The first kappa shape index (κ1) is 10.1. The summed E-state index contributed by atoms with van der Waals surface area (Å²) >= 11 is 5.97. The smallest absolute Gasteiger partial charge is 0.341 e. The van der Waals surface area contributed by atoms with Crippen LogP contribution in [0.2, 0.25) is 5.02 Å². The van der Waals surface area contributed by atoms with E-state index >= 15 is 0 Å². The van der Waals surface area contributed by atoms with Crippen LogP contribution in [0.1, 0.15) is 15.9 Å². The molecular formula is C11H9ClO3. The van der Waals surface area contributed by atoms with Crippen LogP contribution in [0.5, 0.6) is 0 Å². The van der Waals surface area contributed by atoms with Crippen LogP contribution in [-0.2, 0) is 4.74 Å². The fraction of sp³-hybridized carbons (Fsp3) is 0.182. The molecule has 0 N–H and O–H groups in total. The van der Waals surface area contributed by atoms with Crippen LogP contribution in [0, 0.1) is 6.92 Å². The zero-order valence-electron chi connectivity index (χ0n) is 8.33. The molecule has 0 radical (unpaired) electrons. The molecule has 0 aliphatic rings. The van der Waals surface area contributed by atoms with Crippen molar-refractivity contribution in [3.8, 4) is 0 Å². The summed E-state index contributed by atoms with van der Waals surface area (Å²) in [5.41, 5.74) is 1.95. The Balaban J connectivity index is 2.69. The first-order valence-corrected chi connectivity index (χ1v) is 4.77. The molecular weight excluding hydrogens is 216 g/mol. The van der Waals surface area contributed by atoms with E-state index in [0.717, 1.165) is 5.56 Å². The Bertz CT molecular complexity index is 528. The maximum absolute atomic E-state index is 11.4. The summed E-state index contributed by atoms with van der Waals surface area (Å²) in [7, 11) is 1.33. The molecule has 1 heterocycles. The van der Waals surface area contributed by atoms with Crippen LogP contribution in [0.4, 0.5) is 0 Å². The molecule has 1 aromatic carbocycles. The Labute approximate surface area is 91.6 Å². The van der Waals surface area contributed by atoms with Crippen LogP contribution in [0.25, 0.3) is 11.0 Å². The van der Waals surface area contributed by atoms with Crippen molar-refractivity contribution in [2.45, 2.75) is 6.92 Å². The minimum Gasteiger partial charge on any atom is -0.465 e. The molecule has 0 saturated heterocycles. The van der Waals surface area contributed by atoms with E-state index in [4.69, 9.17) is 16.0 Å². The maximum atomic E-state index is 11.4. The Morgan fingerprint density at radius 1 is 1.47 bits per heavy atom. The van der Waals surface area contributed by atoms with Gasteiger partial charge in [0.15, 0.2) is 0 Å². The molecule has 2 rings (SSSR count). The third kappa shape index (κ3) is 1.59. The monoisotopic (exact) mass is 224 g/mol. The van der Waals surface area contributed by atoms with E-state index in [9.17, 15) is 4.79 Å². The second kappa shape index (κ2) is 3.59. The predicted molar refractivity (Wildman–Crippen MR) is 57.3 cm³/mol. The van der Waals surface area contributed by atoms with Gasteiger partial charge in [-0.05, 0) is 24.6 Å². The van der Waals surface area contributed by atoms with E-state index in [-0.39, 0.29) is 0 Å². The maximum Gasteiger partial charge on any atom is 0.341 e. The van der Waals surface area contributed by atoms with Crippen LogP contribution < -0.4 is 0 Å². The minimum atomic E-state index is -0.423. The van der Waals surface area contributed by atoms with Gasteiger partial charge in [-0.3, -0.25) is 0 Å². The molecule has 3 nitrogen and oxygen atoms in total. The number of fused-ring (bicyclic) bond motifs is 1. The van der Waals surface area contributed by atoms with Gasteiger partial charge in [0, 0.05) is 10.4 Å². The summed E-state index contributed by atoms with van der Waals surface area (Å²) in [5.74, 6) is -0.423. The number of hydrogen-bond acceptors (Lipinski definition) is 3. The lowest BCUT2D eigenvalue weighted by Crippen LogP contribution is -1.99. The van der Waals surface area contributed by atoms with Crippen LogP contribution in [-0.4, -0.2) is 13.1 Å². The number of aryl methyl sites for hydroxylation is 1. The molecule has 2 aromatic rings. The molecule has 0 atom stereocenters. The molecule has 78 valence electrons. The number of ether oxygens (including phenoxy) is 1. The second-order valence-corrected chi connectivity index (χ2v) is 3.65. The highest BCUT2D eigenvalue weighted by Crippen LogP contribution is 2.27. The number of esters is 1. The molecule has 0 bridgehead atoms. The highest BCUT2D eigenvalue weighted by Gasteiger charge is 2.15. The first-order chi connectivity index (χ1) is 7.13. The van der Waals surface area contributed by atoms with Gasteiger partial charge in [0.05, 0.1) is 7.11 Å². The predicted octanol–water partition coefficient (Wildman–Crippen LogP) is 3.18. The van der Waals surface area contributed by atoms with Gasteiger partial charge in [-0.15, -0.1) is 0 Å². The lowest BCUT2D eigenvalue weighted by atomic mass is 10.1. The number of methoxy groups -OCH3 is 1. The van der Waals surface area contributed by atoms with E-state index in [0.29, 0.717) is 21.6 Å². The van der Waals surface area contributed by atoms with E-state index in [1.165, 1.54) is 13.4 Å². The molecule has 15 heavy (non-hydrogen) atoms. The lowest BCUT2D eigenvalue weighted by Gasteiger charge is -1.98. The SMILES string of the molecule is COC(=O)c1coc2cc(C)c(Cl)cc12. The lowest BCUT2D eigenvalue weighted by molar-refractivity contribution is 0.0602. The standard InChI is InChI=1S/C11H9ClO3/c1-6-3-10-7(4-9(6)12)8(5-15-10)11(13)14-2/h3-5H,1-2H3. The Morgan fingerprint density at radius 3 is 2.87 bits per heavy atom. The molecule has 0 aliphatic heterocycles. The zero-order valence-corrected chi connectivity index (χ0v) is 9.09. The van der Waals surface area contributed by atoms with E-state index in [1.807, 2.05) is 6.92 Å². The number of benzene rings is 1. The average Bonchev–Trinajstić information content (AvgIpc) is 2.61. The summed E-state index contributed by atoms with van der Waals surface area (Å²) in [5, 5.41) is 1.28. The topological polar surface area (TPSA) is 39.4 Å². The molecule has 0 saturated carbocycles. The number of hydrogen-bond donors (Lipinski definition) is 0. The quantitative estimate of drug-likeness (QED) is 0.699. The van der Waals surface area contributed by atoms with Crippen LogP contribution >= 0.6 is 11.6 Å². The molecule has 0 unspecified atom stereocenters. The third-order valence-corrected chi connectivity index (χ3v) is 2.67. The van der Waals surface area contributed by atoms with Crippen molar-refractivity contribution in [2.24, 2.45) is 0 Å². The number of halogens is 1. The highest BCUT2D eigenvalue weighted by atomic mass is 35.5. The Kier molecular flexibility index (Phi) is 2.40. The summed E-state index contributed by atoms with van der Waals surface area (Å²) < 4.78 is 9.88. The van der Waals surface area contributed by atoms with Crippen LogP contribution in [0.15, 0.2) is 22.8 Å². The van der Waals surface area contributed by atoms with Crippen molar-refractivity contribution in [2.75, 3.05) is 7.11 Å². The van der Waals surface area contributed by atoms with Crippen molar-refractivity contribution in [1.29, 1.82) is 0 Å². The molecule has 0 fully saturated rings. The van der Waals surface area contributed by atoms with Gasteiger partial charge in [-0.25, -0.2) is 4.79 Å². The van der Waals surface area contributed by atoms with Crippen molar-refractivity contribution in [1.82, 2.24) is 0 Å². The van der Waals surface area contributed by atoms with Gasteiger partial charge in [0.1, 0.15) is 17.4 Å². The van der Waals surface area contributed by atoms with Crippen LogP contribution in [0.3, 0.4) is 0 Å². The van der Waals surface area contributed by atoms with Gasteiger partial charge in [0.2, 0.25) is 0 Å². The summed E-state index contributed by atoms with van der Waals surface area (Å²) in [6.45, 7) is 1.88. The summed E-state index contributed by atoms with van der Waals surface area (Å²) in [6.07, 6.45) is 1.38. The van der Waals surface area contributed by atoms with E-state index < -0.39 is 5.97 Å². The number of furan rings is 1. The minimum absolute atomic E-state index is 0.398. The fourth-order valence-electron chi connectivity index (χ4n) is 1.42. The van der Waals surface area contributed by atoms with Crippen molar-refractivity contribution in [3.05, 3.63) is 34.5 Å². The number of rotatable bonds is 1. The molecule has 0 amide bonds. The zero-order chi connectivity index (χ0) is 11.0. The first-order valence-electron chi connectivity index (χ1n) is 4.39. The van der Waals surface area contributed by atoms with E-state index in [2.05, 4.69) is 4.74 Å². The van der Waals surface area contributed by atoms with E-state index in [1.54, 1.807) is 12.1 Å². The largest absolute Gasteiger partial charge is 0.465 e. The summed E-state index contributed by atoms with van der Waals surface area (Å²) in [4.78, 5) is 11.4. The number of carbonyl (C=O) groups excluding carboxylic acids is 1. The van der Waals surface area contributed by atoms with Gasteiger partial charge < -0.3 is 9.15 Å². The molecule has 4 heteroatoms. The molecule has 0 aliphatic carbocycles. The van der Waals surface area contributed by atoms with Crippen molar-refractivity contribution in [3.63, 3.8) is 0 Å². The van der Waals surface area contributed by atoms with Gasteiger partial charge in [-0.2, -0.15) is 0 Å². The normalized spacial score (nSPS) is 10.6. The van der Waals surface area contributed by atoms with Gasteiger partial charge in [0.25, 0.3) is 0 Å². The number of carbonyl (C=O) groups is 1. The van der Waals surface area contributed by atoms with Gasteiger partial charge in [-0.1, -0.05) is 11.6 Å². The third-order valence-electron chi connectivity index (χ3n) is 2.26. The van der Waals surface area contributed by atoms with Crippen molar-refractivity contribution >= 4 is 28.5 Å². The van der Waals surface area contributed by atoms with Crippen molar-refractivity contribution < 1.29 is 13.9 Å². The summed E-state index contributed by atoms with van der Waals surface area (Å²) in [6, 6.07) is 3.51. The highest BCUT2D eigenvalue weighted by molar-refractivity contribution is 6.32. The fourth-order valence-corrected chi connectivity index (χ4v) is 1.58. The molecule has 0 spiro atoms. The Hall–Kier alpha value is -1.48.